The van der Waals surface area contributed by atoms with Crippen molar-refractivity contribution in [2.24, 2.45) is 0 Å². The summed E-state index contributed by atoms with van der Waals surface area (Å²) in [5, 5.41) is 4.08. The van der Waals surface area contributed by atoms with Gasteiger partial charge in [0, 0.05) is 31.5 Å². The van der Waals surface area contributed by atoms with E-state index in [0.717, 1.165) is 23.6 Å². The maximum absolute atomic E-state index is 6.23. The van der Waals surface area contributed by atoms with Gasteiger partial charge in [0.15, 0.2) is 0 Å². The number of hydrogen-bond donors (Lipinski definition) is 1. The number of benzene rings is 1. The van der Waals surface area contributed by atoms with E-state index in [2.05, 4.69) is 60.2 Å². The third-order valence-corrected chi connectivity index (χ3v) is 3.73. The Kier molecular flexibility index (Phi) is 5.21. The van der Waals surface area contributed by atoms with Crippen LogP contribution in [0, 0.1) is 6.92 Å². The van der Waals surface area contributed by atoms with E-state index in [1.54, 1.807) is 6.20 Å². The molecule has 0 fully saturated rings. The molecule has 0 radical (unpaired) electrons. The molecule has 0 spiro atoms. The van der Waals surface area contributed by atoms with Gasteiger partial charge in [0.05, 0.1) is 5.02 Å². The predicted molar refractivity (Wildman–Crippen MR) is 90.5 cm³/mol. The average Bonchev–Trinajstić information content (AvgIpc) is 2.46. The van der Waals surface area contributed by atoms with Crippen molar-refractivity contribution in [3.8, 4) is 0 Å². The lowest BCUT2D eigenvalue weighted by atomic mass is 10.2. The molecule has 1 aromatic heterocycles. The molecule has 0 aliphatic rings. The first-order valence-corrected chi connectivity index (χ1v) is 7.53. The molecule has 21 heavy (non-hydrogen) atoms. The fourth-order valence-corrected chi connectivity index (χ4v) is 2.17. The number of aromatic nitrogens is 1. The summed E-state index contributed by atoms with van der Waals surface area (Å²) in [6.07, 6.45) is 1.72. The number of anilines is 2. The fourth-order valence-electron chi connectivity index (χ4n) is 2.00. The Morgan fingerprint density at radius 2 is 1.90 bits per heavy atom. The van der Waals surface area contributed by atoms with Crippen LogP contribution in [-0.4, -0.2) is 18.1 Å². The van der Waals surface area contributed by atoms with Gasteiger partial charge in [-0.25, -0.2) is 4.98 Å². The summed E-state index contributed by atoms with van der Waals surface area (Å²) in [4.78, 5) is 6.50. The van der Waals surface area contributed by atoms with Crippen molar-refractivity contribution >= 4 is 23.1 Å². The molecule has 0 unspecified atom stereocenters. The maximum Gasteiger partial charge on any atom is 0.133 e. The Bertz CT molecular complexity index is 593. The summed E-state index contributed by atoms with van der Waals surface area (Å²) >= 11 is 6.23. The average molecular weight is 304 g/mol. The molecule has 2 rings (SSSR count). The molecule has 1 aromatic carbocycles. The van der Waals surface area contributed by atoms with E-state index in [0.29, 0.717) is 11.1 Å². The molecule has 0 aliphatic carbocycles. The number of hydrogen-bond acceptors (Lipinski definition) is 3. The van der Waals surface area contributed by atoms with E-state index >= 15 is 0 Å². The molecule has 0 atom stereocenters. The smallest absolute Gasteiger partial charge is 0.133 e. The van der Waals surface area contributed by atoms with Crippen LogP contribution >= 0.6 is 11.6 Å². The molecule has 1 heterocycles. The summed E-state index contributed by atoms with van der Waals surface area (Å²) in [5.74, 6) is 0.892. The lowest BCUT2D eigenvalue weighted by Crippen LogP contribution is -2.22. The van der Waals surface area contributed by atoms with Crippen LogP contribution in [0.1, 0.15) is 25.0 Å². The van der Waals surface area contributed by atoms with Gasteiger partial charge in [-0.2, -0.15) is 0 Å². The van der Waals surface area contributed by atoms with Crippen LogP contribution in [0.4, 0.5) is 11.5 Å². The fraction of sp³-hybridized carbons (Fsp3) is 0.353. The minimum atomic E-state index is 0.424. The highest BCUT2D eigenvalue weighted by atomic mass is 35.5. The van der Waals surface area contributed by atoms with E-state index in [-0.39, 0.29) is 0 Å². The van der Waals surface area contributed by atoms with Gasteiger partial charge < -0.3 is 10.2 Å². The molecule has 3 nitrogen and oxygen atoms in total. The van der Waals surface area contributed by atoms with Crippen molar-refractivity contribution in [3.05, 3.63) is 52.7 Å². The lowest BCUT2D eigenvalue weighted by Gasteiger charge is -2.20. The Balaban J connectivity index is 2.23. The second-order valence-electron chi connectivity index (χ2n) is 5.56. The van der Waals surface area contributed by atoms with E-state index in [1.165, 1.54) is 5.56 Å². The van der Waals surface area contributed by atoms with Crippen LogP contribution in [0.5, 0.6) is 0 Å². The Hall–Kier alpha value is -1.58. The summed E-state index contributed by atoms with van der Waals surface area (Å²) in [5.41, 5.74) is 3.42. The van der Waals surface area contributed by atoms with E-state index in [4.69, 9.17) is 11.6 Å². The maximum atomic E-state index is 6.23. The summed E-state index contributed by atoms with van der Waals surface area (Å²) in [7, 11) is 2.01. The summed E-state index contributed by atoms with van der Waals surface area (Å²) in [6, 6.07) is 10.9. The Labute approximate surface area is 132 Å². The van der Waals surface area contributed by atoms with Crippen molar-refractivity contribution in [1.82, 2.24) is 10.3 Å². The molecule has 0 bridgehead atoms. The van der Waals surface area contributed by atoms with Gasteiger partial charge in [-0.05, 0) is 30.7 Å². The van der Waals surface area contributed by atoms with Gasteiger partial charge in [-0.3, -0.25) is 0 Å². The van der Waals surface area contributed by atoms with E-state index < -0.39 is 0 Å². The number of pyridine rings is 1. The monoisotopic (exact) mass is 303 g/mol. The van der Waals surface area contributed by atoms with Crippen LogP contribution in [-0.2, 0) is 6.54 Å². The highest BCUT2D eigenvalue weighted by Gasteiger charge is 2.09. The van der Waals surface area contributed by atoms with Gasteiger partial charge in [0.1, 0.15) is 5.82 Å². The molecule has 2 aromatic rings. The van der Waals surface area contributed by atoms with Gasteiger partial charge in [0.25, 0.3) is 0 Å². The quantitative estimate of drug-likeness (QED) is 0.892. The number of halogens is 1. The van der Waals surface area contributed by atoms with Crippen LogP contribution in [0.25, 0.3) is 0 Å². The lowest BCUT2D eigenvalue weighted by molar-refractivity contribution is 0.588. The van der Waals surface area contributed by atoms with Crippen molar-refractivity contribution in [1.29, 1.82) is 0 Å². The zero-order valence-corrected chi connectivity index (χ0v) is 13.8. The van der Waals surface area contributed by atoms with Crippen LogP contribution in [0.3, 0.4) is 0 Å². The van der Waals surface area contributed by atoms with Gasteiger partial charge in [0.2, 0.25) is 0 Å². The molecule has 0 aliphatic heterocycles. The first kappa shape index (κ1) is 15.8. The molecule has 0 amide bonds. The topological polar surface area (TPSA) is 28.2 Å². The number of rotatable bonds is 5. The van der Waals surface area contributed by atoms with Gasteiger partial charge in [-0.15, -0.1) is 0 Å². The zero-order valence-electron chi connectivity index (χ0n) is 13.0. The number of aryl methyl sites for hydroxylation is 1. The normalized spacial score (nSPS) is 11.0. The predicted octanol–water partition coefficient (Wildman–Crippen LogP) is 4.31. The summed E-state index contributed by atoms with van der Waals surface area (Å²) in [6.45, 7) is 7.07. The Morgan fingerprint density at radius 3 is 2.52 bits per heavy atom. The molecular weight excluding hydrogens is 282 g/mol. The third kappa shape index (κ3) is 4.19. The van der Waals surface area contributed by atoms with Crippen molar-refractivity contribution < 1.29 is 0 Å². The van der Waals surface area contributed by atoms with Crippen LogP contribution in [0.2, 0.25) is 5.02 Å². The molecular formula is C17H22ClN3. The zero-order chi connectivity index (χ0) is 15.4. The molecule has 4 heteroatoms. The molecule has 0 saturated heterocycles. The van der Waals surface area contributed by atoms with Crippen LogP contribution < -0.4 is 10.2 Å². The largest absolute Gasteiger partial charge is 0.329 e. The van der Waals surface area contributed by atoms with Crippen molar-refractivity contribution in [2.45, 2.75) is 33.4 Å². The Morgan fingerprint density at radius 1 is 1.24 bits per heavy atom. The van der Waals surface area contributed by atoms with Crippen molar-refractivity contribution in [2.75, 3.05) is 11.9 Å². The minimum absolute atomic E-state index is 0.424. The SMILES string of the molecule is Cc1ccc(N(C)c2cc(CNC(C)C)c(Cl)cn2)cc1. The molecule has 112 valence electrons. The number of nitrogens with one attached hydrogen (secondary N) is 1. The second kappa shape index (κ2) is 6.92. The second-order valence-corrected chi connectivity index (χ2v) is 5.97. The third-order valence-electron chi connectivity index (χ3n) is 3.39. The highest BCUT2D eigenvalue weighted by Crippen LogP contribution is 2.25. The first-order valence-electron chi connectivity index (χ1n) is 7.15. The molecule has 1 N–H and O–H groups in total. The summed E-state index contributed by atoms with van der Waals surface area (Å²) < 4.78 is 0. The minimum Gasteiger partial charge on any atom is -0.329 e. The van der Waals surface area contributed by atoms with Crippen molar-refractivity contribution in [3.63, 3.8) is 0 Å². The first-order chi connectivity index (χ1) is 9.97. The highest BCUT2D eigenvalue weighted by molar-refractivity contribution is 6.31. The number of nitrogens with zero attached hydrogens (tertiary/aromatic N) is 2. The van der Waals surface area contributed by atoms with E-state index in [9.17, 15) is 0 Å². The van der Waals surface area contributed by atoms with Crippen LogP contribution in [0.15, 0.2) is 36.5 Å². The van der Waals surface area contributed by atoms with Gasteiger partial charge in [-0.1, -0.05) is 43.1 Å². The van der Waals surface area contributed by atoms with Gasteiger partial charge >= 0.3 is 0 Å². The molecule has 0 saturated carbocycles. The van der Waals surface area contributed by atoms with E-state index in [1.807, 2.05) is 13.1 Å². The standard InChI is InChI=1S/C17H22ClN3/c1-12(2)19-10-14-9-17(20-11-16(14)18)21(4)15-7-5-13(3)6-8-15/h5-9,11-12,19H,10H2,1-4H3.